The monoisotopic (exact) mass is 519 g/mol. The Kier molecular flexibility index (Phi) is 8.86. The SMILES string of the molecule is N[C@@H](CC(=O)N1CCc2nnc(C(F)(F)F)n2CC1)Cc1cc(F)c(F)cc1F.O=CC(F)(F)F. The number of carbonyl (C=O) groups is 2. The van der Waals surface area contributed by atoms with Gasteiger partial charge >= 0.3 is 12.4 Å². The van der Waals surface area contributed by atoms with Crippen molar-refractivity contribution in [3.05, 3.63) is 46.8 Å². The fourth-order valence-corrected chi connectivity index (χ4v) is 3.21. The number of nitrogens with zero attached hydrogens (tertiary/aromatic N) is 4. The van der Waals surface area contributed by atoms with E-state index in [1.54, 1.807) is 0 Å². The molecular weight excluding hydrogens is 501 g/mol. The Morgan fingerprint density at radius 2 is 1.60 bits per heavy atom. The second-order valence-corrected chi connectivity index (χ2v) is 7.41. The number of nitrogens with two attached hydrogens (primary N) is 1. The average Bonchev–Trinajstić information content (AvgIpc) is 3.04. The Bertz CT molecular complexity index is 1050. The molecule has 0 saturated heterocycles. The second-order valence-electron chi connectivity index (χ2n) is 7.41. The van der Waals surface area contributed by atoms with Crippen molar-refractivity contribution in [3.8, 4) is 0 Å². The van der Waals surface area contributed by atoms with Gasteiger partial charge in [-0.15, -0.1) is 10.2 Å². The van der Waals surface area contributed by atoms with Crippen molar-refractivity contribution in [1.29, 1.82) is 0 Å². The minimum atomic E-state index is -4.65. The minimum absolute atomic E-state index is 0.000783. The molecule has 2 N–H and O–H groups in total. The lowest BCUT2D eigenvalue weighted by Gasteiger charge is -2.22. The zero-order valence-electron chi connectivity index (χ0n) is 17.6. The van der Waals surface area contributed by atoms with Crippen LogP contribution < -0.4 is 5.73 Å². The number of amides is 1. The third-order valence-corrected chi connectivity index (χ3v) is 4.77. The van der Waals surface area contributed by atoms with Crippen LogP contribution in [0.15, 0.2) is 12.1 Å². The first kappa shape index (κ1) is 28.1. The third kappa shape index (κ3) is 7.93. The number of fused-ring (bicyclic) bond motifs is 1. The van der Waals surface area contributed by atoms with Gasteiger partial charge in [0, 0.05) is 44.6 Å². The molecule has 0 unspecified atom stereocenters. The van der Waals surface area contributed by atoms with E-state index in [1.165, 1.54) is 4.90 Å². The lowest BCUT2D eigenvalue weighted by atomic mass is 10.0. The summed E-state index contributed by atoms with van der Waals surface area (Å²) in [5, 5.41) is 6.71. The van der Waals surface area contributed by atoms with Gasteiger partial charge in [-0.1, -0.05) is 0 Å². The van der Waals surface area contributed by atoms with E-state index in [4.69, 9.17) is 10.5 Å². The van der Waals surface area contributed by atoms with Crippen LogP contribution in [0.25, 0.3) is 0 Å². The van der Waals surface area contributed by atoms with Crippen LogP contribution in [0.5, 0.6) is 0 Å². The Balaban J connectivity index is 0.000000641. The molecule has 35 heavy (non-hydrogen) atoms. The molecule has 1 aliphatic heterocycles. The number of benzene rings is 1. The number of alkyl halides is 6. The van der Waals surface area contributed by atoms with Gasteiger partial charge in [0.1, 0.15) is 11.6 Å². The zero-order valence-corrected chi connectivity index (χ0v) is 17.6. The Hall–Kier alpha value is -3.17. The first-order valence-corrected chi connectivity index (χ1v) is 9.81. The third-order valence-electron chi connectivity index (χ3n) is 4.77. The van der Waals surface area contributed by atoms with Crippen LogP contribution in [0.4, 0.5) is 39.5 Å². The second kappa shape index (κ2) is 11.0. The summed E-state index contributed by atoms with van der Waals surface area (Å²) in [6.45, 7) is -0.00372. The molecule has 1 aromatic heterocycles. The minimum Gasteiger partial charge on any atom is -0.340 e. The molecule has 0 spiro atoms. The summed E-state index contributed by atoms with van der Waals surface area (Å²) in [4.78, 5) is 22.5. The number of halogens is 9. The van der Waals surface area contributed by atoms with Crippen LogP contribution in [0.1, 0.15) is 23.6 Å². The molecule has 16 heteroatoms. The summed E-state index contributed by atoms with van der Waals surface area (Å²) >= 11 is 0. The van der Waals surface area contributed by atoms with Crippen molar-refractivity contribution in [2.75, 3.05) is 13.1 Å². The first-order valence-electron chi connectivity index (χ1n) is 9.81. The highest BCUT2D eigenvalue weighted by atomic mass is 19.4. The van der Waals surface area contributed by atoms with Gasteiger partial charge in [-0.3, -0.25) is 9.59 Å². The maximum atomic E-state index is 13.7. The van der Waals surface area contributed by atoms with Gasteiger partial charge in [0.25, 0.3) is 0 Å². The van der Waals surface area contributed by atoms with Crippen molar-refractivity contribution in [2.24, 2.45) is 5.73 Å². The van der Waals surface area contributed by atoms with Gasteiger partial charge in [0.05, 0.1) is 0 Å². The van der Waals surface area contributed by atoms with Gasteiger partial charge in [0.15, 0.2) is 11.6 Å². The summed E-state index contributed by atoms with van der Waals surface area (Å²) in [5.74, 6) is -4.96. The van der Waals surface area contributed by atoms with E-state index in [2.05, 4.69) is 10.2 Å². The molecule has 0 aliphatic carbocycles. The quantitative estimate of drug-likeness (QED) is 0.381. The molecule has 0 radical (unpaired) electrons. The molecule has 1 aromatic carbocycles. The van der Waals surface area contributed by atoms with Crippen LogP contribution in [0, 0.1) is 17.5 Å². The molecule has 1 amide bonds. The molecular formula is C19H18F9N5O2. The van der Waals surface area contributed by atoms with E-state index in [1.807, 2.05) is 0 Å². The summed E-state index contributed by atoms with van der Waals surface area (Å²) in [6, 6.07) is 0.211. The maximum absolute atomic E-state index is 13.7. The van der Waals surface area contributed by atoms with Crippen molar-refractivity contribution < 1.29 is 49.1 Å². The molecule has 194 valence electrons. The van der Waals surface area contributed by atoms with Crippen LogP contribution in [0.3, 0.4) is 0 Å². The number of hydrogen-bond acceptors (Lipinski definition) is 5. The highest BCUT2D eigenvalue weighted by molar-refractivity contribution is 5.77. The smallest absolute Gasteiger partial charge is 0.340 e. The highest BCUT2D eigenvalue weighted by Crippen LogP contribution is 2.29. The molecule has 3 rings (SSSR count). The Morgan fingerprint density at radius 3 is 2.17 bits per heavy atom. The molecule has 2 heterocycles. The highest BCUT2D eigenvalue weighted by Gasteiger charge is 2.39. The summed E-state index contributed by atoms with van der Waals surface area (Å²) in [6.07, 6.45) is -10.7. The van der Waals surface area contributed by atoms with Crippen LogP contribution >= 0.6 is 0 Å². The van der Waals surface area contributed by atoms with Crippen LogP contribution in [-0.4, -0.2) is 57.2 Å². The molecule has 1 aliphatic rings. The largest absolute Gasteiger partial charge is 0.451 e. The van der Waals surface area contributed by atoms with Crippen LogP contribution in [-0.2, 0) is 35.2 Å². The number of carbonyl (C=O) groups excluding carboxylic acids is 2. The van der Waals surface area contributed by atoms with Gasteiger partial charge in [-0.25, -0.2) is 13.2 Å². The van der Waals surface area contributed by atoms with Gasteiger partial charge < -0.3 is 15.2 Å². The molecule has 7 nitrogen and oxygen atoms in total. The molecule has 1 atom stereocenters. The van der Waals surface area contributed by atoms with Crippen molar-refractivity contribution in [1.82, 2.24) is 19.7 Å². The maximum Gasteiger partial charge on any atom is 0.451 e. The topological polar surface area (TPSA) is 94.1 Å². The normalized spacial score (nSPS) is 15.0. The van der Waals surface area contributed by atoms with Crippen molar-refractivity contribution in [3.63, 3.8) is 0 Å². The fraction of sp³-hybridized carbons (Fsp3) is 0.474. The summed E-state index contributed by atoms with van der Waals surface area (Å²) in [5.41, 5.74) is 5.68. The summed E-state index contributed by atoms with van der Waals surface area (Å²) < 4.78 is 111. The van der Waals surface area contributed by atoms with E-state index in [9.17, 15) is 44.3 Å². The van der Waals surface area contributed by atoms with Crippen molar-refractivity contribution in [2.45, 2.75) is 44.2 Å². The number of hydrogen-bond donors (Lipinski definition) is 1. The lowest BCUT2D eigenvalue weighted by molar-refractivity contribution is -0.156. The fourth-order valence-electron chi connectivity index (χ4n) is 3.21. The molecule has 0 saturated carbocycles. The van der Waals surface area contributed by atoms with E-state index < -0.39 is 53.9 Å². The van der Waals surface area contributed by atoms with E-state index in [-0.39, 0.29) is 50.3 Å². The number of aldehydes is 1. The predicted octanol–water partition coefficient (Wildman–Crippen LogP) is 2.81. The predicted molar refractivity (Wildman–Crippen MR) is 100 cm³/mol. The van der Waals surface area contributed by atoms with Crippen LogP contribution in [0.2, 0.25) is 0 Å². The van der Waals surface area contributed by atoms with Gasteiger partial charge in [0.2, 0.25) is 18.0 Å². The lowest BCUT2D eigenvalue weighted by Crippen LogP contribution is -2.38. The zero-order chi connectivity index (χ0) is 26.6. The van der Waals surface area contributed by atoms with Gasteiger partial charge in [-0.2, -0.15) is 26.3 Å². The van der Waals surface area contributed by atoms with E-state index in [0.29, 0.717) is 12.1 Å². The van der Waals surface area contributed by atoms with E-state index in [0.717, 1.165) is 4.57 Å². The Morgan fingerprint density at radius 1 is 1.00 bits per heavy atom. The average molecular weight is 519 g/mol. The van der Waals surface area contributed by atoms with Gasteiger partial charge in [-0.05, 0) is 18.1 Å². The Labute approximate surface area is 191 Å². The van der Waals surface area contributed by atoms with E-state index >= 15 is 0 Å². The van der Waals surface area contributed by atoms with Crippen molar-refractivity contribution >= 4 is 12.2 Å². The molecule has 0 fully saturated rings. The first-order chi connectivity index (χ1) is 16.1. The number of aromatic nitrogens is 3. The molecule has 0 bridgehead atoms. The number of rotatable bonds is 4. The summed E-state index contributed by atoms with van der Waals surface area (Å²) in [7, 11) is 0. The standard InChI is InChI=1S/C17H17F6N5O.C2HF3O/c18-11-8-13(20)12(19)6-9(11)5-10(24)7-15(29)27-2-1-14-25-26-16(17(21,22)23)28(14)4-3-27;3-2(4,5)1-6/h6,8,10H,1-5,7,24H2;1H/t10-;/m1./s1. The molecule has 2 aromatic rings.